The first-order valence-corrected chi connectivity index (χ1v) is 5.05. The summed E-state index contributed by atoms with van der Waals surface area (Å²) in [7, 11) is 0. The van der Waals surface area contributed by atoms with E-state index in [4.69, 9.17) is 11.6 Å². The average molecular weight is 182 g/mol. The van der Waals surface area contributed by atoms with Crippen molar-refractivity contribution in [1.82, 2.24) is 5.32 Å². The lowest BCUT2D eigenvalue weighted by atomic mass is 10.5. The van der Waals surface area contributed by atoms with Crippen molar-refractivity contribution in [3.63, 3.8) is 0 Å². The number of carbonyl (C=O) groups is 1. The maximum Gasteiger partial charge on any atom is 0.229 e. The second-order valence-corrected chi connectivity index (χ2v) is 3.07. The highest BCUT2D eigenvalue weighted by Crippen LogP contribution is 1.89. The molecule has 60 valence electrons. The maximum atomic E-state index is 10.7. The van der Waals surface area contributed by atoms with E-state index in [-0.39, 0.29) is 5.91 Å². The molecule has 2 nitrogen and oxygen atoms in total. The highest BCUT2D eigenvalue weighted by Gasteiger charge is 1.95. The van der Waals surface area contributed by atoms with Crippen molar-refractivity contribution in [2.24, 2.45) is 0 Å². The summed E-state index contributed by atoms with van der Waals surface area (Å²) in [5.41, 5.74) is 0. The van der Waals surface area contributed by atoms with Gasteiger partial charge in [0.05, 0.1) is 5.75 Å². The molecule has 0 fully saturated rings. The molecule has 0 heterocycles. The van der Waals surface area contributed by atoms with Gasteiger partial charge in [0.1, 0.15) is 0 Å². The second kappa shape index (κ2) is 7.22. The zero-order chi connectivity index (χ0) is 7.82. The van der Waals surface area contributed by atoms with Crippen LogP contribution in [-0.2, 0) is 4.79 Å². The molecular formula is C6H12ClNOS. The van der Waals surface area contributed by atoms with E-state index in [1.807, 2.05) is 6.26 Å². The number of rotatable bonds is 5. The number of hydrogen-bond donors (Lipinski definition) is 1. The largest absolute Gasteiger partial charge is 0.355 e. The van der Waals surface area contributed by atoms with Crippen molar-refractivity contribution in [3.05, 3.63) is 0 Å². The Balaban J connectivity index is 3.05. The van der Waals surface area contributed by atoms with Crippen LogP contribution in [0.1, 0.15) is 6.42 Å². The topological polar surface area (TPSA) is 29.1 Å². The molecule has 0 aromatic carbocycles. The van der Waals surface area contributed by atoms with Gasteiger partial charge in [0.2, 0.25) is 5.91 Å². The summed E-state index contributed by atoms with van der Waals surface area (Å²) in [6.07, 6.45) is 2.75. The van der Waals surface area contributed by atoms with Crippen LogP contribution in [0, 0.1) is 0 Å². The maximum absolute atomic E-state index is 10.7. The Morgan fingerprint density at radius 2 is 2.40 bits per heavy atom. The number of halogens is 1. The zero-order valence-electron chi connectivity index (χ0n) is 6.02. The van der Waals surface area contributed by atoms with Gasteiger partial charge < -0.3 is 5.32 Å². The van der Waals surface area contributed by atoms with E-state index in [9.17, 15) is 4.79 Å². The Hall–Kier alpha value is 0.110. The molecule has 4 heteroatoms. The van der Waals surface area contributed by atoms with Gasteiger partial charge in [-0.3, -0.25) is 4.79 Å². The molecule has 0 atom stereocenters. The molecule has 0 rings (SSSR count). The Labute approximate surface area is 70.7 Å². The summed E-state index contributed by atoms with van der Waals surface area (Å²) in [5.74, 6) is 1.25. The van der Waals surface area contributed by atoms with Crippen molar-refractivity contribution in [3.8, 4) is 0 Å². The van der Waals surface area contributed by atoms with Crippen LogP contribution in [0.5, 0.6) is 0 Å². The van der Waals surface area contributed by atoms with Crippen LogP contribution in [0.25, 0.3) is 0 Å². The molecule has 1 amide bonds. The van der Waals surface area contributed by atoms with E-state index in [1.165, 1.54) is 11.8 Å². The van der Waals surface area contributed by atoms with E-state index in [0.29, 0.717) is 18.2 Å². The van der Waals surface area contributed by atoms with Gasteiger partial charge in [0, 0.05) is 12.4 Å². The van der Waals surface area contributed by atoms with E-state index in [0.717, 1.165) is 6.42 Å². The van der Waals surface area contributed by atoms with E-state index >= 15 is 0 Å². The molecule has 0 saturated carbocycles. The minimum absolute atomic E-state index is 0.0950. The van der Waals surface area contributed by atoms with Crippen molar-refractivity contribution in [2.45, 2.75) is 6.42 Å². The number of amides is 1. The van der Waals surface area contributed by atoms with Gasteiger partial charge in [0.25, 0.3) is 0 Å². The van der Waals surface area contributed by atoms with Crippen molar-refractivity contribution in [1.29, 1.82) is 0 Å². The molecule has 0 aromatic heterocycles. The number of hydrogen-bond acceptors (Lipinski definition) is 2. The molecular weight excluding hydrogens is 170 g/mol. The lowest BCUT2D eigenvalue weighted by molar-refractivity contribution is -0.118. The summed E-state index contributed by atoms with van der Waals surface area (Å²) in [6.45, 7) is 0.697. The van der Waals surface area contributed by atoms with Crippen molar-refractivity contribution in [2.75, 3.05) is 24.4 Å². The quantitative estimate of drug-likeness (QED) is 0.509. The van der Waals surface area contributed by atoms with Gasteiger partial charge in [-0.05, 0) is 12.7 Å². The predicted molar refractivity (Wildman–Crippen MR) is 46.7 cm³/mol. The molecule has 0 bridgehead atoms. The number of carbonyl (C=O) groups excluding carboxylic acids is 1. The van der Waals surface area contributed by atoms with Gasteiger partial charge in [-0.2, -0.15) is 11.8 Å². The lowest BCUT2D eigenvalue weighted by Crippen LogP contribution is -2.26. The Kier molecular flexibility index (Phi) is 7.30. The lowest BCUT2D eigenvalue weighted by Gasteiger charge is -2.00. The minimum atomic E-state index is 0.0950. The standard InChI is InChI=1S/C6H12ClNOS/c1-10-5-6(9)8-4-2-3-7/h2-5H2,1H3,(H,8,9). The summed E-state index contributed by atoms with van der Waals surface area (Å²) < 4.78 is 0. The summed E-state index contributed by atoms with van der Waals surface area (Å²) in [5, 5.41) is 2.74. The smallest absolute Gasteiger partial charge is 0.229 e. The predicted octanol–water partition coefficient (Wildman–Crippen LogP) is 1.09. The van der Waals surface area contributed by atoms with E-state index in [2.05, 4.69) is 5.32 Å². The van der Waals surface area contributed by atoms with Crippen molar-refractivity contribution >= 4 is 29.3 Å². The molecule has 0 aliphatic carbocycles. The van der Waals surface area contributed by atoms with E-state index in [1.54, 1.807) is 0 Å². The van der Waals surface area contributed by atoms with Crippen LogP contribution in [0.3, 0.4) is 0 Å². The fourth-order valence-corrected chi connectivity index (χ4v) is 0.975. The van der Waals surface area contributed by atoms with Crippen LogP contribution < -0.4 is 5.32 Å². The molecule has 1 N–H and O–H groups in total. The Morgan fingerprint density at radius 1 is 1.70 bits per heavy atom. The number of thioether (sulfide) groups is 1. The molecule has 0 radical (unpaired) electrons. The van der Waals surface area contributed by atoms with Gasteiger partial charge in [0.15, 0.2) is 0 Å². The first kappa shape index (κ1) is 10.1. The molecule has 0 aromatic rings. The highest BCUT2D eigenvalue weighted by molar-refractivity contribution is 7.99. The number of nitrogens with one attached hydrogen (secondary N) is 1. The molecule has 10 heavy (non-hydrogen) atoms. The molecule has 0 saturated heterocycles. The first-order chi connectivity index (χ1) is 4.81. The highest BCUT2D eigenvalue weighted by atomic mass is 35.5. The Bertz CT molecular complexity index is 99.7. The van der Waals surface area contributed by atoms with Gasteiger partial charge in [-0.1, -0.05) is 0 Å². The third-order valence-corrected chi connectivity index (χ3v) is 1.73. The summed E-state index contributed by atoms with van der Waals surface area (Å²) >= 11 is 6.93. The Morgan fingerprint density at radius 3 is 2.90 bits per heavy atom. The van der Waals surface area contributed by atoms with Crippen LogP contribution in [-0.4, -0.2) is 30.3 Å². The minimum Gasteiger partial charge on any atom is -0.355 e. The fourth-order valence-electron chi connectivity index (χ4n) is 0.477. The third-order valence-electron chi connectivity index (χ3n) is 0.908. The molecule has 0 spiro atoms. The number of alkyl halides is 1. The van der Waals surface area contributed by atoms with Gasteiger partial charge in [-0.15, -0.1) is 11.6 Å². The SMILES string of the molecule is CSCC(=O)NCCCCl. The second-order valence-electron chi connectivity index (χ2n) is 1.83. The van der Waals surface area contributed by atoms with Gasteiger partial charge >= 0.3 is 0 Å². The van der Waals surface area contributed by atoms with Crippen molar-refractivity contribution < 1.29 is 4.79 Å². The summed E-state index contributed by atoms with van der Waals surface area (Å²) in [4.78, 5) is 10.7. The molecule has 0 unspecified atom stereocenters. The van der Waals surface area contributed by atoms with Crippen LogP contribution >= 0.6 is 23.4 Å². The molecule has 0 aliphatic rings. The van der Waals surface area contributed by atoms with E-state index < -0.39 is 0 Å². The summed E-state index contributed by atoms with van der Waals surface area (Å²) in [6, 6.07) is 0. The zero-order valence-corrected chi connectivity index (χ0v) is 7.60. The third kappa shape index (κ3) is 6.23. The van der Waals surface area contributed by atoms with Crippen LogP contribution in [0.2, 0.25) is 0 Å². The van der Waals surface area contributed by atoms with Gasteiger partial charge in [-0.25, -0.2) is 0 Å². The first-order valence-electron chi connectivity index (χ1n) is 3.13. The molecule has 0 aliphatic heterocycles. The van der Waals surface area contributed by atoms with Crippen LogP contribution in [0.15, 0.2) is 0 Å². The average Bonchev–Trinajstić information content (AvgIpc) is 1.89. The fraction of sp³-hybridized carbons (Fsp3) is 0.833. The van der Waals surface area contributed by atoms with Crippen LogP contribution in [0.4, 0.5) is 0 Å². The monoisotopic (exact) mass is 181 g/mol. The normalized spacial score (nSPS) is 9.40.